The molecule has 1 fully saturated rings. The average Bonchev–Trinajstić information content (AvgIpc) is 3.15. The summed E-state index contributed by atoms with van der Waals surface area (Å²) < 4.78 is 11.3. The second-order valence-corrected chi connectivity index (χ2v) is 6.41. The Bertz CT molecular complexity index is 669. The summed E-state index contributed by atoms with van der Waals surface area (Å²) in [5, 5.41) is 3.77. The third kappa shape index (κ3) is 3.30. The number of aromatic nitrogens is 2. The number of nitrogens with zero attached hydrogens (tertiary/aromatic N) is 3. The molecule has 0 N–H and O–H groups in total. The van der Waals surface area contributed by atoms with Crippen molar-refractivity contribution >= 4 is 27.8 Å². The second-order valence-electron chi connectivity index (χ2n) is 5.49. The molecule has 1 heterocycles. The molecule has 1 aromatic heterocycles. The summed E-state index contributed by atoms with van der Waals surface area (Å²) in [5.74, 6) is 0.735. The summed E-state index contributed by atoms with van der Waals surface area (Å²) >= 11 is 3.40. The summed E-state index contributed by atoms with van der Waals surface area (Å²) in [6.07, 6.45) is 0.827. The highest BCUT2D eigenvalue weighted by atomic mass is 79.9. The topological polar surface area (TPSA) is 68.5 Å². The number of ether oxygens (including phenoxy) is 1. The van der Waals surface area contributed by atoms with Gasteiger partial charge in [-0.25, -0.2) is 0 Å². The van der Waals surface area contributed by atoms with Gasteiger partial charge in [-0.1, -0.05) is 28.1 Å². The van der Waals surface area contributed by atoms with E-state index in [1.54, 1.807) is 4.90 Å². The third-order valence-corrected chi connectivity index (χ3v) is 4.12. The van der Waals surface area contributed by atoms with E-state index < -0.39 is 0 Å². The average molecular weight is 366 g/mol. The molecule has 1 aromatic carbocycles. The minimum absolute atomic E-state index is 0.0171. The quantitative estimate of drug-likeness (QED) is 0.758. The maximum atomic E-state index is 12.0. The predicted octanol–water partition coefficient (Wildman–Crippen LogP) is 2.75. The van der Waals surface area contributed by atoms with Gasteiger partial charge in [-0.3, -0.25) is 4.79 Å². The Kier molecular flexibility index (Phi) is 4.15. The molecule has 0 radical (unpaired) electrons. The van der Waals surface area contributed by atoms with Crippen LogP contribution < -0.4 is 4.90 Å². The lowest BCUT2D eigenvalue weighted by Gasteiger charge is -2.03. The molecule has 1 saturated carbocycles. The highest BCUT2D eigenvalue weighted by Gasteiger charge is 2.45. The van der Waals surface area contributed by atoms with Crippen LogP contribution in [-0.4, -0.2) is 30.2 Å². The van der Waals surface area contributed by atoms with E-state index in [4.69, 9.17) is 9.26 Å². The maximum Gasteiger partial charge on any atom is 0.310 e. The molecule has 0 saturated heterocycles. The highest BCUT2D eigenvalue weighted by Crippen LogP contribution is 2.48. The molecule has 22 heavy (non-hydrogen) atoms. The van der Waals surface area contributed by atoms with Crippen molar-refractivity contribution in [2.24, 2.45) is 5.92 Å². The fourth-order valence-corrected chi connectivity index (χ4v) is 2.52. The molecule has 6 nitrogen and oxygen atoms in total. The molecule has 3 rings (SSSR count). The molecule has 0 spiro atoms. The Morgan fingerprint density at radius 1 is 1.41 bits per heavy atom. The number of halogens is 1. The van der Waals surface area contributed by atoms with Crippen molar-refractivity contribution in [1.82, 2.24) is 10.1 Å². The third-order valence-electron chi connectivity index (χ3n) is 3.59. The van der Waals surface area contributed by atoms with E-state index in [0.717, 1.165) is 16.5 Å². The van der Waals surface area contributed by atoms with Crippen molar-refractivity contribution in [3.63, 3.8) is 0 Å². The summed E-state index contributed by atoms with van der Waals surface area (Å²) in [6.45, 7) is 0.0171. The number of carbonyl (C=O) groups excluding carboxylic acids is 1. The predicted molar refractivity (Wildman–Crippen MR) is 83.4 cm³/mol. The molecule has 7 heteroatoms. The van der Waals surface area contributed by atoms with Crippen molar-refractivity contribution in [2.45, 2.75) is 18.9 Å². The Morgan fingerprint density at radius 3 is 2.77 bits per heavy atom. The van der Waals surface area contributed by atoms with Crippen LogP contribution in [0.3, 0.4) is 0 Å². The number of rotatable bonds is 5. The minimum atomic E-state index is -0.211. The van der Waals surface area contributed by atoms with Crippen molar-refractivity contribution in [1.29, 1.82) is 0 Å². The number of anilines is 1. The molecule has 2 aromatic rings. The largest absolute Gasteiger partial charge is 0.455 e. The van der Waals surface area contributed by atoms with Gasteiger partial charge in [-0.2, -0.15) is 4.98 Å². The van der Waals surface area contributed by atoms with E-state index in [1.165, 1.54) is 0 Å². The zero-order valence-electron chi connectivity index (χ0n) is 12.3. The molecular formula is C15H16BrN3O3. The van der Waals surface area contributed by atoms with E-state index in [2.05, 4.69) is 26.1 Å². The zero-order chi connectivity index (χ0) is 15.7. The van der Waals surface area contributed by atoms with E-state index in [0.29, 0.717) is 11.8 Å². The van der Waals surface area contributed by atoms with Crippen LogP contribution in [0.15, 0.2) is 33.3 Å². The van der Waals surface area contributed by atoms with E-state index in [1.807, 2.05) is 38.4 Å². The van der Waals surface area contributed by atoms with Crippen molar-refractivity contribution in [3.8, 4) is 0 Å². The summed E-state index contributed by atoms with van der Waals surface area (Å²) in [4.78, 5) is 17.9. The van der Waals surface area contributed by atoms with Gasteiger partial charge in [0.25, 0.3) is 11.8 Å². The molecule has 0 aliphatic heterocycles. The molecule has 1 aliphatic rings. The number of esters is 1. The number of carbonyl (C=O) groups is 1. The van der Waals surface area contributed by atoms with Crippen molar-refractivity contribution in [3.05, 3.63) is 40.2 Å². The van der Waals surface area contributed by atoms with Crippen LogP contribution in [0.5, 0.6) is 0 Å². The Hall–Kier alpha value is -1.89. The zero-order valence-corrected chi connectivity index (χ0v) is 13.9. The minimum Gasteiger partial charge on any atom is -0.455 e. The fraction of sp³-hybridized carbons (Fsp3) is 0.400. The first kappa shape index (κ1) is 15.0. The maximum absolute atomic E-state index is 12.0. The van der Waals surface area contributed by atoms with Crippen molar-refractivity contribution < 1.29 is 14.1 Å². The van der Waals surface area contributed by atoms with Crippen LogP contribution in [0.4, 0.5) is 5.95 Å². The molecule has 116 valence electrons. The van der Waals surface area contributed by atoms with Crippen LogP contribution >= 0.6 is 15.9 Å². The monoisotopic (exact) mass is 365 g/mol. The van der Waals surface area contributed by atoms with Gasteiger partial charge in [-0.15, -0.1) is 0 Å². The lowest BCUT2D eigenvalue weighted by Crippen LogP contribution is -2.11. The van der Waals surface area contributed by atoms with Gasteiger partial charge in [0.1, 0.15) is 0 Å². The first-order valence-corrected chi connectivity index (χ1v) is 7.76. The number of hydrogen-bond donors (Lipinski definition) is 0. The van der Waals surface area contributed by atoms with E-state index in [9.17, 15) is 4.79 Å². The Labute approximate surface area is 136 Å². The van der Waals surface area contributed by atoms with Gasteiger partial charge in [0, 0.05) is 18.6 Å². The smallest absolute Gasteiger partial charge is 0.310 e. The summed E-state index contributed by atoms with van der Waals surface area (Å²) in [6, 6.07) is 8.03. The van der Waals surface area contributed by atoms with Gasteiger partial charge >= 0.3 is 5.97 Å². The molecule has 0 unspecified atom stereocenters. The van der Waals surface area contributed by atoms with Gasteiger partial charge < -0.3 is 14.2 Å². The fourth-order valence-electron chi connectivity index (χ4n) is 2.26. The van der Waals surface area contributed by atoms with Gasteiger partial charge in [0.2, 0.25) is 0 Å². The van der Waals surface area contributed by atoms with Crippen molar-refractivity contribution in [2.75, 3.05) is 19.0 Å². The normalized spacial score (nSPS) is 19.8. The lowest BCUT2D eigenvalue weighted by atomic mass is 10.1. The molecule has 1 aliphatic carbocycles. The first-order chi connectivity index (χ1) is 10.5. The number of hydrogen-bond acceptors (Lipinski definition) is 6. The summed E-state index contributed by atoms with van der Waals surface area (Å²) in [7, 11) is 3.63. The van der Waals surface area contributed by atoms with Gasteiger partial charge in [0.15, 0.2) is 6.61 Å². The van der Waals surface area contributed by atoms with E-state index in [-0.39, 0.29) is 24.4 Å². The van der Waals surface area contributed by atoms with Crippen LogP contribution in [-0.2, 0) is 16.1 Å². The summed E-state index contributed by atoms with van der Waals surface area (Å²) in [5.41, 5.74) is 1.16. The lowest BCUT2D eigenvalue weighted by molar-refractivity contribution is -0.147. The van der Waals surface area contributed by atoms with Crippen LogP contribution in [0.25, 0.3) is 0 Å². The molecule has 0 bridgehead atoms. The number of benzene rings is 1. The Balaban J connectivity index is 1.52. The highest BCUT2D eigenvalue weighted by molar-refractivity contribution is 9.10. The van der Waals surface area contributed by atoms with E-state index >= 15 is 0 Å². The molecule has 0 amide bonds. The van der Waals surface area contributed by atoms with Crippen LogP contribution in [0.2, 0.25) is 0 Å². The Morgan fingerprint density at radius 2 is 2.14 bits per heavy atom. The first-order valence-electron chi connectivity index (χ1n) is 6.96. The SMILES string of the molecule is CN(C)c1noc(COC(=O)[C@@H]2C[C@H]2c2ccc(Br)cc2)n1. The standard InChI is InChI=1S/C15H16BrN3O3/c1-19(2)15-17-13(22-18-15)8-21-14(20)12-7-11(12)9-3-5-10(16)6-4-9/h3-6,11-12H,7-8H2,1-2H3/t11-,12+/m0/s1. The second kappa shape index (κ2) is 6.08. The molecule has 2 atom stereocenters. The molecular weight excluding hydrogens is 350 g/mol. The van der Waals surface area contributed by atoms with Gasteiger partial charge in [0.05, 0.1) is 5.92 Å². The van der Waals surface area contributed by atoms with Gasteiger partial charge in [-0.05, 0) is 35.2 Å². The van der Waals surface area contributed by atoms with Crippen LogP contribution in [0, 0.1) is 5.92 Å². The van der Waals surface area contributed by atoms with Crippen LogP contribution in [0.1, 0.15) is 23.8 Å².